The van der Waals surface area contributed by atoms with E-state index < -0.39 is 9.84 Å². The Morgan fingerprint density at radius 3 is 2.50 bits per heavy atom. The van der Waals surface area contributed by atoms with E-state index in [0.29, 0.717) is 17.0 Å². The Kier molecular flexibility index (Phi) is 3.28. The zero-order valence-electron chi connectivity index (χ0n) is 8.15. The predicted molar refractivity (Wildman–Crippen MR) is 50.6 cm³/mol. The molecule has 0 aromatic carbocycles. The smallest absolute Gasteiger partial charge is 0.156 e. The Balaban J connectivity index is 2.89. The van der Waals surface area contributed by atoms with Crippen LogP contribution >= 0.6 is 0 Å². The molecule has 0 saturated carbocycles. The summed E-state index contributed by atoms with van der Waals surface area (Å²) in [7, 11) is -3.25. The van der Waals surface area contributed by atoms with Crippen molar-refractivity contribution < 1.29 is 18.0 Å². The fourth-order valence-electron chi connectivity index (χ4n) is 1.14. The van der Waals surface area contributed by atoms with Crippen LogP contribution in [0.2, 0.25) is 0 Å². The van der Waals surface area contributed by atoms with Crippen molar-refractivity contribution in [1.82, 2.24) is 5.16 Å². The second-order valence-electron chi connectivity index (χ2n) is 3.12. The summed E-state index contributed by atoms with van der Waals surface area (Å²) in [6.45, 7) is 3.01. The van der Waals surface area contributed by atoms with E-state index in [1.807, 2.05) is 0 Å². The molecule has 1 rings (SSSR count). The minimum Gasteiger partial charge on any atom is -0.395 e. The van der Waals surface area contributed by atoms with Crippen molar-refractivity contribution in [3.63, 3.8) is 0 Å². The van der Waals surface area contributed by atoms with Gasteiger partial charge in [0.05, 0.1) is 23.8 Å². The number of nitrogens with zero attached hydrogens (tertiary/aromatic N) is 1. The lowest BCUT2D eigenvalue weighted by Gasteiger charge is -2.00. The van der Waals surface area contributed by atoms with Gasteiger partial charge in [-0.05, 0) is 13.8 Å². The SMILES string of the molecule is Cc1noc(C)c1CS(=O)(=O)CCO. The molecule has 0 atom stereocenters. The summed E-state index contributed by atoms with van der Waals surface area (Å²) < 4.78 is 27.6. The summed E-state index contributed by atoms with van der Waals surface area (Å²) in [5, 5.41) is 12.2. The van der Waals surface area contributed by atoms with E-state index in [0.717, 1.165) is 0 Å². The molecule has 0 radical (unpaired) electrons. The van der Waals surface area contributed by atoms with Gasteiger partial charge in [0.1, 0.15) is 5.76 Å². The Morgan fingerprint density at radius 1 is 1.43 bits per heavy atom. The third kappa shape index (κ3) is 2.55. The van der Waals surface area contributed by atoms with E-state index in [2.05, 4.69) is 5.16 Å². The fourth-order valence-corrected chi connectivity index (χ4v) is 2.41. The van der Waals surface area contributed by atoms with Gasteiger partial charge < -0.3 is 9.63 Å². The molecule has 5 nitrogen and oxygen atoms in total. The third-order valence-electron chi connectivity index (χ3n) is 1.95. The van der Waals surface area contributed by atoms with Gasteiger partial charge in [0.2, 0.25) is 0 Å². The second-order valence-corrected chi connectivity index (χ2v) is 5.30. The molecule has 14 heavy (non-hydrogen) atoms. The van der Waals surface area contributed by atoms with Crippen LogP contribution in [-0.4, -0.2) is 31.0 Å². The highest BCUT2D eigenvalue weighted by molar-refractivity contribution is 7.90. The summed E-state index contributed by atoms with van der Waals surface area (Å²) in [6.07, 6.45) is 0. The number of aliphatic hydroxyl groups excluding tert-OH is 1. The molecular formula is C8H13NO4S. The zero-order valence-corrected chi connectivity index (χ0v) is 8.97. The van der Waals surface area contributed by atoms with Crippen LogP contribution in [0.4, 0.5) is 0 Å². The molecule has 0 spiro atoms. The molecule has 1 N–H and O–H groups in total. The summed E-state index contributed by atoms with van der Waals surface area (Å²) in [4.78, 5) is 0. The summed E-state index contributed by atoms with van der Waals surface area (Å²) in [6, 6.07) is 0. The molecule has 0 unspecified atom stereocenters. The van der Waals surface area contributed by atoms with Gasteiger partial charge in [0, 0.05) is 5.56 Å². The van der Waals surface area contributed by atoms with Crippen LogP contribution < -0.4 is 0 Å². The number of hydrogen-bond donors (Lipinski definition) is 1. The van der Waals surface area contributed by atoms with Crippen molar-refractivity contribution in [2.24, 2.45) is 0 Å². The molecule has 0 saturated heterocycles. The predicted octanol–water partition coefficient (Wildman–Crippen LogP) is 0.199. The molecule has 0 fully saturated rings. The Hall–Kier alpha value is -0.880. The Labute approximate surface area is 82.6 Å². The van der Waals surface area contributed by atoms with Gasteiger partial charge >= 0.3 is 0 Å². The summed E-state index contributed by atoms with van der Waals surface area (Å²) in [5.41, 5.74) is 1.18. The number of rotatable bonds is 4. The lowest BCUT2D eigenvalue weighted by Crippen LogP contribution is -2.13. The number of sulfone groups is 1. The quantitative estimate of drug-likeness (QED) is 0.782. The second kappa shape index (κ2) is 4.10. The molecule has 0 aliphatic rings. The van der Waals surface area contributed by atoms with E-state index in [1.54, 1.807) is 13.8 Å². The highest BCUT2D eigenvalue weighted by Crippen LogP contribution is 2.15. The highest BCUT2D eigenvalue weighted by Gasteiger charge is 2.17. The average molecular weight is 219 g/mol. The molecule has 1 aromatic heterocycles. The number of aliphatic hydroxyl groups is 1. The van der Waals surface area contributed by atoms with E-state index in [9.17, 15) is 8.42 Å². The van der Waals surface area contributed by atoms with Crippen LogP contribution in [0.3, 0.4) is 0 Å². The van der Waals surface area contributed by atoms with Gasteiger partial charge in [-0.15, -0.1) is 0 Å². The van der Waals surface area contributed by atoms with Gasteiger partial charge in [0.15, 0.2) is 9.84 Å². The lowest BCUT2D eigenvalue weighted by molar-refractivity contribution is 0.319. The van der Waals surface area contributed by atoms with Crippen molar-refractivity contribution in [2.45, 2.75) is 19.6 Å². The maximum absolute atomic E-state index is 11.4. The van der Waals surface area contributed by atoms with Gasteiger partial charge in [-0.25, -0.2) is 8.42 Å². The van der Waals surface area contributed by atoms with Gasteiger partial charge in [-0.3, -0.25) is 0 Å². The number of aryl methyl sites for hydroxylation is 2. The molecule has 80 valence electrons. The van der Waals surface area contributed by atoms with Crippen LogP contribution in [0.25, 0.3) is 0 Å². The number of hydrogen-bond acceptors (Lipinski definition) is 5. The van der Waals surface area contributed by atoms with Gasteiger partial charge in [-0.1, -0.05) is 5.16 Å². The van der Waals surface area contributed by atoms with E-state index in [-0.39, 0.29) is 18.1 Å². The molecule has 6 heteroatoms. The highest BCUT2D eigenvalue weighted by atomic mass is 32.2. The van der Waals surface area contributed by atoms with Crippen molar-refractivity contribution in [3.8, 4) is 0 Å². The van der Waals surface area contributed by atoms with Crippen molar-refractivity contribution >= 4 is 9.84 Å². The largest absolute Gasteiger partial charge is 0.395 e. The first-order chi connectivity index (χ1) is 6.46. The summed E-state index contributed by atoms with van der Waals surface area (Å²) >= 11 is 0. The summed E-state index contributed by atoms with van der Waals surface area (Å²) in [5.74, 6) is 0.176. The Morgan fingerprint density at radius 2 is 2.07 bits per heavy atom. The number of aromatic nitrogens is 1. The monoisotopic (exact) mass is 219 g/mol. The Bertz CT molecular complexity index is 387. The molecule has 1 aromatic rings. The van der Waals surface area contributed by atoms with E-state index >= 15 is 0 Å². The molecular weight excluding hydrogens is 206 g/mol. The normalized spacial score (nSPS) is 11.9. The topological polar surface area (TPSA) is 80.4 Å². The molecule has 0 aliphatic carbocycles. The van der Waals surface area contributed by atoms with Gasteiger partial charge in [-0.2, -0.15) is 0 Å². The van der Waals surface area contributed by atoms with Crippen molar-refractivity contribution in [3.05, 3.63) is 17.0 Å². The molecule has 0 amide bonds. The lowest BCUT2D eigenvalue weighted by atomic mass is 10.2. The third-order valence-corrected chi connectivity index (χ3v) is 3.48. The first-order valence-corrected chi connectivity index (χ1v) is 6.01. The van der Waals surface area contributed by atoms with Crippen LogP contribution in [0.15, 0.2) is 4.52 Å². The first-order valence-electron chi connectivity index (χ1n) is 4.19. The van der Waals surface area contributed by atoms with Crippen LogP contribution in [0, 0.1) is 13.8 Å². The minimum atomic E-state index is -3.25. The first kappa shape index (κ1) is 11.2. The zero-order chi connectivity index (χ0) is 10.8. The molecule has 1 heterocycles. The van der Waals surface area contributed by atoms with E-state index in [4.69, 9.17) is 9.63 Å². The van der Waals surface area contributed by atoms with Crippen molar-refractivity contribution in [1.29, 1.82) is 0 Å². The van der Waals surface area contributed by atoms with Crippen molar-refractivity contribution in [2.75, 3.05) is 12.4 Å². The minimum absolute atomic E-state index is 0.116. The maximum Gasteiger partial charge on any atom is 0.156 e. The van der Waals surface area contributed by atoms with Crippen LogP contribution in [-0.2, 0) is 15.6 Å². The van der Waals surface area contributed by atoms with Gasteiger partial charge in [0.25, 0.3) is 0 Å². The van der Waals surface area contributed by atoms with E-state index in [1.165, 1.54) is 0 Å². The maximum atomic E-state index is 11.4. The van der Waals surface area contributed by atoms with Crippen LogP contribution in [0.1, 0.15) is 17.0 Å². The molecule has 0 aliphatic heterocycles. The fraction of sp³-hybridized carbons (Fsp3) is 0.625. The van der Waals surface area contributed by atoms with Crippen LogP contribution in [0.5, 0.6) is 0 Å². The standard InChI is InChI=1S/C8H13NO4S/c1-6-8(7(2)13-9-6)5-14(11,12)4-3-10/h10H,3-5H2,1-2H3. The molecule has 0 bridgehead atoms. The average Bonchev–Trinajstić information content (AvgIpc) is 2.35.